The predicted octanol–water partition coefficient (Wildman–Crippen LogP) is 3.73. The van der Waals surface area contributed by atoms with Gasteiger partial charge in [0.2, 0.25) is 11.8 Å². The molecular weight excluding hydrogens is 384 g/mol. The molecule has 2 aromatic rings. The van der Waals surface area contributed by atoms with Crippen LogP contribution in [0.1, 0.15) is 29.5 Å². The lowest BCUT2D eigenvalue weighted by molar-refractivity contribution is -0.384. The molecular formula is C19H19ClN4O4. The summed E-state index contributed by atoms with van der Waals surface area (Å²) in [7, 11) is 0. The zero-order valence-corrected chi connectivity index (χ0v) is 16.1. The lowest BCUT2D eigenvalue weighted by atomic mass is 10.1. The molecule has 0 unspecified atom stereocenters. The fourth-order valence-corrected chi connectivity index (χ4v) is 2.56. The van der Waals surface area contributed by atoms with E-state index in [9.17, 15) is 19.7 Å². The maximum Gasteiger partial charge on any atom is 0.288 e. The Morgan fingerprint density at radius 2 is 1.86 bits per heavy atom. The minimum Gasteiger partial charge on any atom is -0.326 e. The number of halogens is 1. The molecule has 2 rings (SSSR count). The molecule has 9 heteroatoms. The number of benzene rings is 2. The van der Waals surface area contributed by atoms with Gasteiger partial charge < -0.3 is 5.32 Å². The van der Waals surface area contributed by atoms with E-state index in [-0.39, 0.29) is 29.5 Å². The fraction of sp³-hybridized carbons (Fsp3) is 0.211. The number of nitrogens with one attached hydrogen (secondary N) is 2. The standard InChI is InChI=1S/C19H19ClN4O4/c1-12-3-6-16(13(2)9-12)22-18(25)7-8-19(26)23-21-11-14-4-5-15(20)17(10-14)24(27)28/h3-6,9-11H,7-8H2,1-2H3,(H,22,25)(H,23,26)/b21-11-. The molecule has 2 aromatic carbocycles. The summed E-state index contributed by atoms with van der Waals surface area (Å²) in [6.07, 6.45) is 1.22. The van der Waals surface area contributed by atoms with E-state index < -0.39 is 10.8 Å². The third kappa shape index (κ3) is 6.17. The summed E-state index contributed by atoms with van der Waals surface area (Å²) in [5.74, 6) is -0.727. The third-order valence-corrected chi connectivity index (χ3v) is 4.12. The van der Waals surface area contributed by atoms with Gasteiger partial charge in [0.1, 0.15) is 5.02 Å². The number of aryl methyl sites for hydroxylation is 2. The molecule has 28 heavy (non-hydrogen) atoms. The zero-order valence-electron chi connectivity index (χ0n) is 15.4. The summed E-state index contributed by atoms with van der Waals surface area (Å²) in [5, 5.41) is 17.4. The van der Waals surface area contributed by atoms with Crippen molar-refractivity contribution >= 4 is 41.0 Å². The van der Waals surface area contributed by atoms with Crippen molar-refractivity contribution in [1.29, 1.82) is 0 Å². The van der Waals surface area contributed by atoms with E-state index >= 15 is 0 Å². The van der Waals surface area contributed by atoms with Crippen LogP contribution in [0.15, 0.2) is 41.5 Å². The smallest absolute Gasteiger partial charge is 0.288 e. The van der Waals surface area contributed by atoms with E-state index in [0.29, 0.717) is 11.3 Å². The second kappa shape index (κ2) is 9.61. The van der Waals surface area contributed by atoms with Crippen molar-refractivity contribution in [2.45, 2.75) is 26.7 Å². The Bertz CT molecular complexity index is 944. The van der Waals surface area contributed by atoms with Gasteiger partial charge in [-0.15, -0.1) is 0 Å². The van der Waals surface area contributed by atoms with Crippen LogP contribution in [0, 0.1) is 24.0 Å². The Kier molecular flexibility index (Phi) is 7.22. The molecule has 146 valence electrons. The van der Waals surface area contributed by atoms with E-state index in [4.69, 9.17) is 11.6 Å². The molecule has 0 fully saturated rings. The Hall–Kier alpha value is -3.26. The highest BCUT2D eigenvalue weighted by Crippen LogP contribution is 2.24. The largest absolute Gasteiger partial charge is 0.326 e. The van der Waals surface area contributed by atoms with Gasteiger partial charge in [0.15, 0.2) is 0 Å². The number of carbonyl (C=O) groups is 2. The molecule has 0 atom stereocenters. The summed E-state index contributed by atoms with van der Waals surface area (Å²) in [6.45, 7) is 3.86. The molecule has 0 radical (unpaired) electrons. The second-order valence-electron chi connectivity index (χ2n) is 6.13. The van der Waals surface area contributed by atoms with Crippen molar-refractivity contribution in [2.24, 2.45) is 5.10 Å². The maximum atomic E-state index is 12.0. The number of nitrogens with zero attached hydrogens (tertiary/aromatic N) is 2. The topological polar surface area (TPSA) is 114 Å². The average Bonchev–Trinajstić information content (AvgIpc) is 2.63. The lowest BCUT2D eigenvalue weighted by Crippen LogP contribution is -2.20. The van der Waals surface area contributed by atoms with Gasteiger partial charge in [-0.25, -0.2) is 5.43 Å². The molecule has 2 N–H and O–H groups in total. The summed E-state index contributed by atoms with van der Waals surface area (Å²) in [4.78, 5) is 34.0. The van der Waals surface area contributed by atoms with Gasteiger partial charge >= 0.3 is 0 Å². The van der Waals surface area contributed by atoms with Crippen LogP contribution in [0.2, 0.25) is 5.02 Å². The van der Waals surface area contributed by atoms with Crippen LogP contribution < -0.4 is 10.7 Å². The van der Waals surface area contributed by atoms with E-state index in [0.717, 1.165) is 11.1 Å². The van der Waals surface area contributed by atoms with Gasteiger partial charge in [-0.3, -0.25) is 19.7 Å². The van der Waals surface area contributed by atoms with Gasteiger partial charge in [0.05, 0.1) is 11.1 Å². The second-order valence-corrected chi connectivity index (χ2v) is 6.53. The van der Waals surface area contributed by atoms with Crippen LogP contribution in [-0.2, 0) is 9.59 Å². The number of rotatable bonds is 7. The van der Waals surface area contributed by atoms with Crippen molar-refractivity contribution in [3.05, 3.63) is 68.2 Å². The first-order valence-electron chi connectivity index (χ1n) is 8.39. The van der Waals surface area contributed by atoms with Gasteiger partial charge in [0, 0.05) is 30.2 Å². The molecule has 2 amide bonds. The Labute approximate surface area is 166 Å². The van der Waals surface area contributed by atoms with E-state index in [1.807, 2.05) is 32.0 Å². The molecule has 0 aliphatic carbocycles. The van der Waals surface area contributed by atoms with Gasteiger partial charge in [-0.2, -0.15) is 5.10 Å². The molecule has 0 saturated carbocycles. The maximum absolute atomic E-state index is 12.0. The van der Waals surface area contributed by atoms with Crippen molar-refractivity contribution in [1.82, 2.24) is 5.43 Å². The predicted molar refractivity (Wildman–Crippen MR) is 108 cm³/mol. The quantitative estimate of drug-likeness (QED) is 0.417. The minimum atomic E-state index is -0.605. The lowest BCUT2D eigenvalue weighted by Gasteiger charge is -2.08. The number of nitro benzene ring substituents is 1. The van der Waals surface area contributed by atoms with Crippen molar-refractivity contribution in [2.75, 3.05) is 5.32 Å². The minimum absolute atomic E-state index is 0.00108. The Morgan fingerprint density at radius 1 is 1.14 bits per heavy atom. The zero-order chi connectivity index (χ0) is 20.7. The number of nitro groups is 1. The van der Waals surface area contributed by atoms with E-state index in [1.54, 1.807) is 0 Å². The highest BCUT2D eigenvalue weighted by molar-refractivity contribution is 6.32. The Morgan fingerprint density at radius 3 is 2.54 bits per heavy atom. The van der Waals surface area contributed by atoms with Gasteiger partial charge in [0.25, 0.3) is 5.69 Å². The normalized spacial score (nSPS) is 10.7. The first-order chi connectivity index (χ1) is 13.3. The van der Waals surface area contributed by atoms with Crippen LogP contribution in [-0.4, -0.2) is 23.0 Å². The van der Waals surface area contributed by atoms with Crippen LogP contribution in [0.4, 0.5) is 11.4 Å². The average molecular weight is 403 g/mol. The van der Waals surface area contributed by atoms with Gasteiger partial charge in [-0.1, -0.05) is 35.4 Å². The molecule has 0 saturated heterocycles. The van der Waals surface area contributed by atoms with Crippen molar-refractivity contribution in [3.8, 4) is 0 Å². The highest BCUT2D eigenvalue weighted by atomic mass is 35.5. The van der Waals surface area contributed by atoms with E-state index in [2.05, 4.69) is 15.8 Å². The molecule has 0 aromatic heterocycles. The fourth-order valence-electron chi connectivity index (χ4n) is 2.38. The third-order valence-electron chi connectivity index (χ3n) is 3.80. The molecule has 0 spiro atoms. The summed E-state index contributed by atoms with van der Waals surface area (Å²) < 4.78 is 0. The molecule has 0 aliphatic heterocycles. The summed E-state index contributed by atoms with van der Waals surface area (Å²) in [6, 6.07) is 9.82. The molecule has 0 heterocycles. The van der Waals surface area contributed by atoms with Crippen LogP contribution in [0.3, 0.4) is 0 Å². The number of hydrogen-bond acceptors (Lipinski definition) is 5. The van der Waals surface area contributed by atoms with Gasteiger partial charge in [-0.05, 0) is 31.5 Å². The van der Waals surface area contributed by atoms with Crippen molar-refractivity contribution < 1.29 is 14.5 Å². The monoisotopic (exact) mass is 402 g/mol. The number of amides is 2. The van der Waals surface area contributed by atoms with Crippen molar-refractivity contribution in [3.63, 3.8) is 0 Å². The number of hydrazone groups is 1. The first kappa shape index (κ1) is 21.0. The number of carbonyl (C=O) groups excluding carboxylic acids is 2. The van der Waals surface area contributed by atoms with Crippen LogP contribution >= 0.6 is 11.6 Å². The number of hydrogen-bond donors (Lipinski definition) is 2. The van der Waals surface area contributed by atoms with Crippen LogP contribution in [0.25, 0.3) is 0 Å². The Balaban J connectivity index is 1.82. The van der Waals surface area contributed by atoms with Crippen LogP contribution in [0.5, 0.6) is 0 Å². The first-order valence-corrected chi connectivity index (χ1v) is 8.77. The highest BCUT2D eigenvalue weighted by Gasteiger charge is 2.12. The number of anilines is 1. The molecule has 0 bridgehead atoms. The SMILES string of the molecule is Cc1ccc(NC(=O)CCC(=O)N/N=C\c2ccc(Cl)c([N+](=O)[O-])c2)c(C)c1. The molecule has 8 nitrogen and oxygen atoms in total. The summed E-state index contributed by atoms with van der Waals surface area (Å²) in [5.41, 5.74) is 5.18. The summed E-state index contributed by atoms with van der Waals surface area (Å²) >= 11 is 5.73. The molecule has 0 aliphatic rings. The van der Waals surface area contributed by atoms with E-state index in [1.165, 1.54) is 24.4 Å².